The molecular formula is C44H47Cl4N9O16S. The van der Waals surface area contributed by atoms with E-state index in [2.05, 4.69) is 21.3 Å². The molecule has 0 saturated carbocycles. The summed E-state index contributed by atoms with van der Waals surface area (Å²) in [5.41, 5.74) is 18.3. The molecule has 0 aromatic heterocycles. The van der Waals surface area contributed by atoms with E-state index in [9.17, 15) is 47.8 Å². The Morgan fingerprint density at radius 1 is 0.541 bits per heavy atom. The summed E-state index contributed by atoms with van der Waals surface area (Å²) in [4.78, 5) is 63.1. The fourth-order valence-corrected chi connectivity index (χ4v) is 7.80. The summed E-state index contributed by atoms with van der Waals surface area (Å²) in [6.07, 6.45) is 2.56. The molecule has 11 N–H and O–H groups in total. The maximum atomic E-state index is 11.2. The van der Waals surface area contributed by atoms with Crippen molar-refractivity contribution in [2.75, 3.05) is 78.1 Å². The molecule has 4 amide bonds. The van der Waals surface area contributed by atoms with Crippen molar-refractivity contribution >= 4 is 129 Å². The predicted octanol–water partition coefficient (Wildman–Crippen LogP) is 7.98. The number of benzene rings is 5. The number of phenols is 1. The van der Waals surface area contributed by atoms with Crippen LogP contribution in [0.5, 0.6) is 28.7 Å². The van der Waals surface area contributed by atoms with Gasteiger partial charge < -0.3 is 67.3 Å². The van der Waals surface area contributed by atoms with E-state index in [1.165, 1.54) is 49.2 Å². The number of halogens is 4. The zero-order chi connectivity index (χ0) is 52.9. The largest absolute Gasteiger partial charge is 0.501 e. The monoisotopic (exact) mass is 1130 g/mol. The molecule has 398 valence electrons. The lowest BCUT2D eigenvalue weighted by Gasteiger charge is -2.19. The second-order valence-electron chi connectivity index (χ2n) is 14.5. The molecule has 0 spiro atoms. The van der Waals surface area contributed by atoms with Gasteiger partial charge in [-0.15, -0.1) is 0 Å². The first-order valence-corrected chi connectivity index (χ1v) is 23.7. The van der Waals surface area contributed by atoms with Crippen molar-refractivity contribution in [2.45, 2.75) is 32.6 Å². The van der Waals surface area contributed by atoms with Crippen LogP contribution in [0.1, 0.15) is 27.7 Å². The van der Waals surface area contributed by atoms with Gasteiger partial charge in [-0.05, 0) is 61.4 Å². The number of carbonyl (C=O) groups excluding carboxylic acids is 4. The smallest absolute Gasteiger partial charge is 0.314 e. The number of hydrogen-bond donors (Lipinski definition) is 8. The lowest BCUT2D eigenvalue weighted by Crippen LogP contribution is -2.26. The number of anilines is 7. The van der Waals surface area contributed by atoms with Crippen molar-refractivity contribution in [3.63, 3.8) is 0 Å². The van der Waals surface area contributed by atoms with Gasteiger partial charge >= 0.3 is 11.4 Å². The Hall–Kier alpha value is -7.75. The fourth-order valence-electron chi connectivity index (χ4n) is 6.15. The number of carbonyl (C=O) groups is 4. The van der Waals surface area contributed by atoms with Crippen LogP contribution in [0.2, 0.25) is 15.1 Å². The van der Waals surface area contributed by atoms with E-state index in [0.29, 0.717) is 45.0 Å². The lowest BCUT2D eigenvalue weighted by molar-refractivity contribution is -0.385. The van der Waals surface area contributed by atoms with Crippen molar-refractivity contribution < 1.29 is 66.2 Å². The number of nitrogen functional groups attached to an aromatic ring is 3. The average molecular weight is 1130 g/mol. The zero-order valence-corrected chi connectivity index (χ0v) is 40.5. The predicted molar refractivity (Wildman–Crippen MR) is 279 cm³/mol. The van der Waals surface area contributed by atoms with Crippen LogP contribution in [0.25, 0.3) is 0 Å². The van der Waals surface area contributed by atoms with Crippen molar-refractivity contribution in [1.82, 2.24) is 0 Å². The minimum absolute atomic E-state index is 0. The molecule has 5 aromatic rings. The Labute approximate surface area is 441 Å². The molecule has 0 aliphatic carbocycles. The third-order valence-corrected chi connectivity index (χ3v) is 11.2. The first kappa shape index (κ1) is 60.6. The summed E-state index contributed by atoms with van der Waals surface area (Å²) >= 11 is 16.9. The van der Waals surface area contributed by atoms with Crippen LogP contribution in [0.4, 0.5) is 51.2 Å². The van der Waals surface area contributed by atoms with E-state index in [-0.39, 0.29) is 108 Å². The number of fused-ring (bicyclic) bond motifs is 4. The first-order chi connectivity index (χ1) is 34.0. The summed E-state index contributed by atoms with van der Waals surface area (Å²) in [5, 5.41) is 41.0. The highest BCUT2D eigenvalue weighted by atomic mass is 35.7. The fraction of sp³-hybridized carbons (Fsp3) is 0.227. The molecule has 25 nitrogen and oxygen atoms in total. The minimum atomic E-state index is -3.87. The molecule has 10 rings (SSSR count). The summed E-state index contributed by atoms with van der Waals surface area (Å²) in [6.45, 7) is 1.60. The molecule has 74 heavy (non-hydrogen) atoms. The number of nitrogens with two attached hydrogens (primary N) is 3. The highest BCUT2D eigenvalue weighted by molar-refractivity contribution is 8.13. The summed E-state index contributed by atoms with van der Waals surface area (Å²) in [6, 6.07) is 17.6. The summed E-state index contributed by atoms with van der Waals surface area (Å²) in [5.74, 6) is -0.394. The Kier molecular flexibility index (Phi) is 22.4. The highest BCUT2D eigenvalue weighted by Gasteiger charge is 2.27. The van der Waals surface area contributed by atoms with Crippen LogP contribution in [-0.2, 0) is 33.0 Å². The van der Waals surface area contributed by atoms with E-state index in [1.807, 2.05) is 0 Å². The van der Waals surface area contributed by atoms with Crippen molar-refractivity contribution in [2.24, 2.45) is 0 Å². The quantitative estimate of drug-likeness (QED) is 0.0279. The normalized spacial score (nSPS) is 13.9. The van der Waals surface area contributed by atoms with E-state index in [0.717, 1.165) is 19.3 Å². The van der Waals surface area contributed by atoms with Crippen LogP contribution in [0, 0.1) is 20.2 Å². The topological polar surface area (TPSA) is 381 Å². The Morgan fingerprint density at radius 2 is 0.932 bits per heavy atom. The summed E-state index contributed by atoms with van der Waals surface area (Å²) < 4.78 is 47.5. The third kappa shape index (κ3) is 16.9. The number of rotatable bonds is 3. The molecule has 1 saturated heterocycles. The van der Waals surface area contributed by atoms with Crippen molar-refractivity contribution in [3.05, 3.63) is 108 Å². The Balaban J connectivity index is 0.000000237. The second-order valence-corrected chi connectivity index (χ2v) is 18.4. The van der Waals surface area contributed by atoms with Crippen molar-refractivity contribution in [1.29, 1.82) is 0 Å². The molecule has 5 heterocycles. The number of hydrogen-bond acceptors (Lipinski definition) is 19. The van der Waals surface area contributed by atoms with Gasteiger partial charge in [0.1, 0.15) is 4.90 Å². The van der Waals surface area contributed by atoms with E-state index >= 15 is 0 Å². The SMILES string of the molecule is C.C.C1CCOC1.Nc1cc(Cl)cc([N+](=O)[O-])c1O.Nc1cc(Cl)cc2c1OCC(=O)N2.Nc1cccc2c1OCC(=O)N2.O=C1COc2c(cc(Cl)cc2[N+](=O)[O-])N1.O=C1COc2c(cccc2S(=O)(=O)Cl)N1. The molecule has 5 aliphatic heterocycles. The van der Waals surface area contributed by atoms with Gasteiger partial charge in [0.05, 0.1) is 49.7 Å². The van der Waals surface area contributed by atoms with Gasteiger partial charge in [-0.1, -0.05) is 61.8 Å². The summed E-state index contributed by atoms with van der Waals surface area (Å²) in [7, 11) is 1.35. The average Bonchev–Trinajstić information content (AvgIpc) is 3.91. The molecule has 0 bridgehead atoms. The van der Waals surface area contributed by atoms with Crippen LogP contribution in [0.15, 0.2) is 77.7 Å². The Bertz CT molecular complexity index is 3030. The number of phenolic OH excluding ortho intramolecular Hbond substituents is 1. The molecule has 0 unspecified atom stereocenters. The maximum absolute atomic E-state index is 11.2. The van der Waals surface area contributed by atoms with Gasteiger partial charge in [-0.25, -0.2) is 8.42 Å². The number of nitrogens with zero attached hydrogens (tertiary/aromatic N) is 2. The van der Waals surface area contributed by atoms with Crippen LogP contribution < -0.4 is 57.4 Å². The van der Waals surface area contributed by atoms with Crippen LogP contribution >= 0.6 is 45.5 Å². The lowest BCUT2D eigenvalue weighted by atomic mass is 10.2. The number of nitro benzene ring substituents is 2. The van der Waals surface area contributed by atoms with Gasteiger partial charge in [0.2, 0.25) is 11.5 Å². The zero-order valence-electron chi connectivity index (χ0n) is 36.7. The van der Waals surface area contributed by atoms with E-state index in [4.69, 9.17) is 91.5 Å². The van der Waals surface area contributed by atoms with Gasteiger partial charge in [-0.2, -0.15) is 0 Å². The minimum Gasteiger partial charge on any atom is -0.501 e. The van der Waals surface area contributed by atoms with Crippen molar-refractivity contribution in [3.8, 4) is 28.7 Å². The number of ether oxygens (including phenoxy) is 5. The molecule has 0 atom stereocenters. The number of nitro groups is 2. The standard InChI is InChI=1S/C8H5ClN2O4.C8H7ClN2O2.C8H6ClNO4S.C8H8N2O2.C6H5ClN2O3.C4H8O.2CH4/c9-4-1-5-8(6(2-4)11(13)14)15-3-7(12)10-5;9-4-1-5(10)8-6(2-4)11-7(12)3-13-8;9-15(12,13)6-3-1-2-5-8(6)14-4-7(11)10-5;9-5-2-1-3-6-8(5)12-4-7(11)10-6;7-3-1-4(8)6(10)5(2-3)9(11)12;1-2-4-5-3-1;;/h1-2H,3H2,(H,10,12);1-2H,3,10H2,(H,11,12);1-3H,4H2,(H,10,11);1-3H,4,9H2,(H,10,11);1-2,10H,8H2;1-4H2;2*1H4. The van der Waals surface area contributed by atoms with E-state index in [1.54, 1.807) is 30.3 Å². The molecule has 30 heteroatoms. The maximum Gasteiger partial charge on any atom is 0.314 e. The van der Waals surface area contributed by atoms with Gasteiger partial charge in [-0.3, -0.25) is 39.4 Å². The molecular weight excluding hydrogens is 1080 g/mol. The second kappa shape index (κ2) is 27.3. The van der Waals surface area contributed by atoms with Gasteiger partial charge in [0.15, 0.2) is 43.7 Å². The number of aromatic hydroxyl groups is 1. The van der Waals surface area contributed by atoms with Gasteiger partial charge in [0.25, 0.3) is 32.7 Å². The van der Waals surface area contributed by atoms with Crippen LogP contribution in [0.3, 0.4) is 0 Å². The highest BCUT2D eigenvalue weighted by Crippen LogP contribution is 2.41. The molecule has 0 radical (unpaired) electrons. The molecule has 1 fully saturated rings. The Morgan fingerprint density at radius 3 is 1.42 bits per heavy atom. The number of nitrogens with one attached hydrogen (secondary N) is 4. The number of amides is 4. The third-order valence-electron chi connectivity index (χ3n) is 9.20. The van der Waals surface area contributed by atoms with Gasteiger partial charge in [0, 0.05) is 51.1 Å². The molecule has 5 aliphatic rings. The number of para-hydroxylation sites is 2. The molecule has 5 aromatic carbocycles. The van der Waals surface area contributed by atoms with E-state index < -0.39 is 30.3 Å². The van der Waals surface area contributed by atoms with Crippen LogP contribution in [-0.4, -0.2) is 86.6 Å². The first-order valence-electron chi connectivity index (χ1n) is 20.3.